The lowest BCUT2D eigenvalue weighted by molar-refractivity contribution is 0.00409. The Labute approximate surface area is 296 Å². The number of unbranched alkanes of at least 4 members (excludes halogenated alkanes) is 30. The van der Waals surface area contributed by atoms with Crippen molar-refractivity contribution < 1.29 is 19.7 Å². The van der Waals surface area contributed by atoms with Crippen molar-refractivity contribution in [2.75, 3.05) is 26.4 Å². The number of aliphatic hydroxyl groups excluding tert-OH is 2. The molecule has 0 bridgehead atoms. The topological polar surface area (TPSA) is 58.9 Å². The first-order valence-electron chi connectivity index (χ1n) is 21.7. The van der Waals surface area contributed by atoms with Crippen molar-refractivity contribution >= 4 is 0 Å². The Kier molecular flexibility index (Phi) is 41.9. The van der Waals surface area contributed by atoms with Gasteiger partial charge in [-0.2, -0.15) is 0 Å². The molecule has 0 aliphatic carbocycles. The van der Waals surface area contributed by atoms with Crippen molar-refractivity contribution in [2.24, 2.45) is 0 Å². The minimum Gasteiger partial charge on any atom is -0.391 e. The van der Waals surface area contributed by atoms with E-state index >= 15 is 0 Å². The highest BCUT2D eigenvalue weighted by Gasteiger charge is 2.06. The van der Waals surface area contributed by atoms with Gasteiger partial charge in [0.1, 0.15) is 0 Å². The molecule has 4 heteroatoms. The predicted octanol–water partition coefficient (Wildman–Crippen LogP) is 13.4. The van der Waals surface area contributed by atoms with Gasteiger partial charge in [-0.3, -0.25) is 0 Å². The molecule has 0 aliphatic rings. The molecule has 0 fully saturated rings. The molecule has 0 rings (SSSR count). The summed E-state index contributed by atoms with van der Waals surface area (Å²) in [6.07, 6.45) is 45.8. The van der Waals surface area contributed by atoms with Gasteiger partial charge in [0.15, 0.2) is 0 Å². The van der Waals surface area contributed by atoms with E-state index in [4.69, 9.17) is 9.47 Å². The monoisotopic (exact) mass is 669 g/mol. The van der Waals surface area contributed by atoms with Crippen LogP contribution in [0, 0.1) is 0 Å². The van der Waals surface area contributed by atoms with E-state index in [0.29, 0.717) is 26.4 Å². The quantitative estimate of drug-likeness (QED) is 0.0636. The maximum atomic E-state index is 10.2. The Morgan fingerprint density at radius 2 is 0.511 bits per heavy atom. The van der Waals surface area contributed by atoms with E-state index in [1.165, 1.54) is 193 Å². The first kappa shape index (κ1) is 46.8. The summed E-state index contributed by atoms with van der Waals surface area (Å²) >= 11 is 0. The Morgan fingerprint density at radius 3 is 0.745 bits per heavy atom. The highest BCUT2D eigenvalue weighted by Crippen LogP contribution is 2.16. The number of hydrogen-bond acceptors (Lipinski definition) is 4. The first-order valence-corrected chi connectivity index (χ1v) is 21.7. The zero-order chi connectivity index (χ0) is 34.1. The number of ether oxygens (including phenoxy) is 2. The summed E-state index contributed by atoms with van der Waals surface area (Å²) in [6, 6.07) is 0. The standard InChI is InChI=1S/C43H88O4/c1-3-5-7-9-11-13-15-17-19-21-23-25-27-29-31-33-36-42(44)40-46-38-35-39-47-41-43(45)37-34-32-30-28-26-24-22-20-18-16-14-12-10-8-6-4-2/h42-45H,3-41H2,1-2H3. The van der Waals surface area contributed by atoms with Crippen molar-refractivity contribution in [3.63, 3.8) is 0 Å². The van der Waals surface area contributed by atoms with Crippen LogP contribution < -0.4 is 0 Å². The van der Waals surface area contributed by atoms with Gasteiger partial charge in [0, 0.05) is 13.2 Å². The molecule has 0 heterocycles. The Hall–Kier alpha value is -0.160. The molecule has 0 aliphatic heterocycles. The van der Waals surface area contributed by atoms with Crippen LogP contribution in [0.15, 0.2) is 0 Å². The van der Waals surface area contributed by atoms with E-state index in [1.54, 1.807) is 0 Å². The lowest BCUT2D eigenvalue weighted by atomic mass is 10.0. The fraction of sp³-hybridized carbons (Fsp3) is 1.00. The molecule has 0 radical (unpaired) electrons. The molecule has 0 aromatic carbocycles. The average molecular weight is 669 g/mol. The van der Waals surface area contributed by atoms with Gasteiger partial charge in [0.2, 0.25) is 0 Å². The molecule has 2 atom stereocenters. The van der Waals surface area contributed by atoms with Gasteiger partial charge in [-0.25, -0.2) is 0 Å². The van der Waals surface area contributed by atoms with E-state index in [9.17, 15) is 10.2 Å². The summed E-state index contributed by atoms with van der Waals surface area (Å²) < 4.78 is 11.3. The van der Waals surface area contributed by atoms with Crippen molar-refractivity contribution in [3.8, 4) is 0 Å². The van der Waals surface area contributed by atoms with Gasteiger partial charge in [-0.1, -0.05) is 219 Å². The van der Waals surface area contributed by atoms with Crippen LogP contribution in [0.1, 0.15) is 239 Å². The molecule has 0 aromatic heterocycles. The van der Waals surface area contributed by atoms with Crippen molar-refractivity contribution in [3.05, 3.63) is 0 Å². The average Bonchev–Trinajstić information content (AvgIpc) is 3.07. The third kappa shape index (κ3) is 41.9. The summed E-state index contributed by atoms with van der Waals surface area (Å²) in [6.45, 7) is 6.67. The zero-order valence-corrected chi connectivity index (χ0v) is 32.4. The van der Waals surface area contributed by atoms with E-state index in [2.05, 4.69) is 13.8 Å². The number of hydrogen-bond donors (Lipinski definition) is 2. The van der Waals surface area contributed by atoms with Gasteiger partial charge >= 0.3 is 0 Å². The molecular weight excluding hydrogens is 580 g/mol. The maximum Gasteiger partial charge on any atom is 0.0773 e. The third-order valence-corrected chi connectivity index (χ3v) is 9.98. The van der Waals surface area contributed by atoms with Gasteiger partial charge in [0.25, 0.3) is 0 Å². The van der Waals surface area contributed by atoms with Gasteiger partial charge in [-0.05, 0) is 19.3 Å². The molecule has 2 unspecified atom stereocenters. The fourth-order valence-electron chi connectivity index (χ4n) is 6.72. The maximum absolute atomic E-state index is 10.2. The Bertz CT molecular complexity index is 496. The Balaban J connectivity index is 3.23. The lowest BCUT2D eigenvalue weighted by Gasteiger charge is -2.13. The van der Waals surface area contributed by atoms with Crippen LogP contribution in [-0.2, 0) is 9.47 Å². The van der Waals surface area contributed by atoms with E-state index < -0.39 is 0 Å². The van der Waals surface area contributed by atoms with Crippen LogP contribution in [0.25, 0.3) is 0 Å². The highest BCUT2D eigenvalue weighted by atomic mass is 16.5. The molecule has 0 saturated carbocycles. The Morgan fingerprint density at radius 1 is 0.298 bits per heavy atom. The van der Waals surface area contributed by atoms with Crippen molar-refractivity contribution in [2.45, 2.75) is 251 Å². The molecule has 284 valence electrons. The normalized spacial score (nSPS) is 13.0. The molecule has 0 spiro atoms. The summed E-state index contributed by atoms with van der Waals surface area (Å²) in [5.74, 6) is 0. The second-order valence-corrected chi connectivity index (χ2v) is 15.0. The molecule has 4 nitrogen and oxygen atoms in total. The summed E-state index contributed by atoms with van der Waals surface area (Å²) in [5.41, 5.74) is 0. The van der Waals surface area contributed by atoms with E-state index in [0.717, 1.165) is 32.1 Å². The van der Waals surface area contributed by atoms with Crippen LogP contribution in [0.4, 0.5) is 0 Å². The molecule has 47 heavy (non-hydrogen) atoms. The van der Waals surface area contributed by atoms with Crippen LogP contribution in [0.2, 0.25) is 0 Å². The van der Waals surface area contributed by atoms with Crippen molar-refractivity contribution in [1.82, 2.24) is 0 Å². The van der Waals surface area contributed by atoms with Crippen LogP contribution in [0.3, 0.4) is 0 Å². The van der Waals surface area contributed by atoms with E-state index in [1.807, 2.05) is 0 Å². The molecule has 0 amide bonds. The second-order valence-electron chi connectivity index (χ2n) is 15.0. The van der Waals surface area contributed by atoms with Crippen LogP contribution >= 0.6 is 0 Å². The molecular formula is C43H88O4. The predicted molar refractivity (Wildman–Crippen MR) is 207 cm³/mol. The third-order valence-electron chi connectivity index (χ3n) is 9.98. The summed E-state index contributed by atoms with van der Waals surface area (Å²) in [7, 11) is 0. The second kappa shape index (κ2) is 42.0. The molecule has 2 N–H and O–H groups in total. The lowest BCUT2D eigenvalue weighted by Crippen LogP contribution is -2.18. The first-order chi connectivity index (χ1) is 23.2. The van der Waals surface area contributed by atoms with Crippen LogP contribution in [-0.4, -0.2) is 48.8 Å². The van der Waals surface area contributed by atoms with Gasteiger partial charge < -0.3 is 19.7 Å². The SMILES string of the molecule is CCCCCCCCCCCCCCCCCCC(O)COCCCOCC(O)CCCCCCCCCCCCCCCCCC. The minimum atomic E-state index is -0.343. The van der Waals surface area contributed by atoms with Gasteiger partial charge in [0.05, 0.1) is 25.4 Å². The smallest absolute Gasteiger partial charge is 0.0773 e. The minimum absolute atomic E-state index is 0.343. The largest absolute Gasteiger partial charge is 0.391 e. The summed E-state index contributed by atoms with van der Waals surface area (Å²) in [5, 5.41) is 20.4. The van der Waals surface area contributed by atoms with Crippen LogP contribution in [0.5, 0.6) is 0 Å². The van der Waals surface area contributed by atoms with Crippen molar-refractivity contribution in [1.29, 1.82) is 0 Å². The number of rotatable bonds is 42. The zero-order valence-electron chi connectivity index (χ0n) is 32.4. The van der Waals surface area contributed by atoms with Gasteiger partial charge in [-0.15, -0.1) is 0 Å². The summed E-state index contributed by atoms with van der Waals surface area (Å²) in [4.78, 5) is 0. The molecule has 0 aromatic rings. The molecule has 0 saturated heterocycles. The highest BCUT2D eigenvalue weighted by molar-refractivity contribution is 4.58. The number of aliphatic hydroxyl groups is 2. The fourth-order valence-corrected chi connectivity index (χ4v) is 6.72. The van der Waals surface area contributed by atoms with E-state index in [-0.39, 0.29) is 12.2 Å².